The van der Waals surface area contributed by atoms with Gasteiger partial charge in [0.25, 0.3) is 0 Å². The molecule has 0 fully saturated rings. The van der Waals surface area contributed by atoms with Crippen molar-refractivity contribution in [3.05, 3.63) is 131 Å². The molecular formula is C42H40Cl2N4O2. The molecule has 0 saturated heterocycles. The Hall–Kier alpha value is -5.04. The summed E-state index contributed by atoms with van der Waals surface area (Å²) in [7, 11) is 0. The lowest BCUT2D eigenvalue weighted by Crippen LogP contribution is -2.21. The lowest BCUT2D eigenvalue weighted by Gasteiger charge is -2.21. The van der Waals surface area contributed by atoms with Crippen molar-refractivity contribution in [2.24, 2.45) is 0 Å². The first-order valence-electron chi connectivity index (χ1n) is 17.0. The van der Waals surface area contributed by atoms with Gasteiger partial charge in [-0.25, -0.2) is 9.97 Å². The molecule has 0 aliphatic carbocycles. The van der Waals surface area contributed by atoms with Gasteiger partial charge in [-0.15, -0.1) is 0 Å². The van der Waals surface area contributed by atoms with E-state index in [2.05, 4.69) is 86.0 Å². The van der Waals surface area contributed by atoms with Gasteiger partial charge in [-0.1, -0.05) is 83.9 Å². The molecule has 0 aliphatic heterocycles. The van der Waals surface area contributed by atoms with Crippen LogP contribution in [0.2, 0.25) is 10.0 Å². The van der Waals surface area contributed by atoms with Crippen LogP contribution in [0.5, 0.6) is 0 Å². The molecule has 50 heavy (non-hydrogen) atoms. The van der Waals surface area contributed by atoms with Gasteiger partial charge >= 0.3 is 0 Å². The Morgan fingerprint density at radius 2 is 0.880 bits per heavy atom. The van der Waals surface area contributed by atoms with Gasteiger partial charge in [-0.2, -0.15) is 0 Å². The van der Waals surface area contributed by atoms with Crippen molar-refractivity contribution in [3.8, 4) is 45.2 Å². The molecule has 4 aromatic carbocycles. The lowest BCUT2D eigenvalue weighted by molar-refractivity contribution is 0.559. The summed E-state index contributed by atoms with van der Waals surface area (Å²) < 4.78 is 12.6. The predicted octanol–water partition coefficient (Wildman–Crippen LogP) is 12.1. The van der Waals surface area contributed by atoms with E-state index in [1.165, 1.54) is 0 Å². The van der Waals surface area contributed by atoms with Crippen molar-refractivity contribution >= 4 is 46.7 Å². The number of aromatic nitrogens is 2. The molecule has 8 heteroatoms. The first-order valence-corrected chi connectivity index (χ1v) is 17.8. The van der Waals surface area contributed by atoms with Crippen molar-refractivity contribution in [1.82, 2.24) is 9.97 Å². The van der Waals surface area contributed by atoms with Gasteiger partial charge in [0, 0.05) is 72.0 Å². The van der Waals surface area contributed by atoms with Crippen LogP contribution in [-0.4, -0.2) is 36.1 Å². The molecular weight excluding hydrogens is 663 g/mol. The Bertz CT molecular complexity index is 1940. The molecule has 0 atom stereocenters. The summed E-state index contributed by atoms with van der Waals surface area (Å²) in [6.07, 6.45) is 7.34. The smallest absolute Gasteiger partial charge is 0.220 e. The Morgan fingerprint density at radius 3 is 1.22 bits per heavy atom. The molecule has 254 valence electrons. The van der Waals surface area contributed by atoms with Crippen LogP contribution in [0.4, 0.5) is 11.4 Å². The van der Waals surface area contributed by atoms with Crippen molar-refractivity contribution in [2.45, 2.75) is 27.7 Å². The van der Waals surface area contributed by atoms with Crippen LogP contribution in [0.1, 0.15) is 39.5 Å². The molecule has 0 unspecified atom stereocenters. The van der Waals surface area contributed by atoms with Gasteiger partial charge in [0.2, 0.25) is 11.8 Å². The van der Waals surface area contributed by atoms with Crippen LogP contribution < -0.4 is 9.80 Å². The van der Waals surface area contributed by atoms with Crippen LogP contribution in [0.25, 0.3) is 57.3 Å². The van der Waals surface area contributed by atoms with Crippen molar-refractivity contribution in [2.75, 3.05) is 36.0 Å². The maximum atomic E-state index is 6.62. The number of rotatable bonds is 13. The lowest BCUT2D eigenvalue weighted by atomic mass is 10.1. The van der Waals surface area contributed by atoms with E-state index in [9.17, 15) is 0 Å². The Balaban J connectivity index is 1.31. The highest BCUT2D eigenvalue weighted by molar-refractivity contribution is 6.33. The number of benzene rings is 4. The normalized spacial score (nSPS) is 11.6. The summed E-state index contributed by atoms with van der Waals surface area (Å²) >= 11 is 13.2. The van der Waals surface area contributed by atoms with Gasteiger partial charge < -0.3 is 18.6 Å². The van der Waals surface area contributed by atoms with E-state index in [0.717, 1.165) is 71.2 Å². The van der Waals surface area contributed by atoms with E-state index in [4.69, 9.17) is 42.0 Å². The Morgan fingerprint density at radius 1 is 0.520 bits per heavy atom. The molecule has 0 aliphatic rings. The van der Waals surface area contributed by atoms with Gasteiger partial charge in [0.05, 0.1) is 10.0 Å². The second-order valence-corrected chi connectivity index (χ2v) is 12.4. The third-order valence-corrected chi connectivity index (χ3v) is 9.31. The third kappa shape index (κ3) is 7.57. The highest BCUT2D eigenvalue weighted by Gasteiger charge is 2.20. The number of nitrogens with zero attached hydrogens (tertiary/aromatic N) is 4. The molecule has 0 spiro atoms. The number of hydrogen-bond donors (Lipinski definition) is 0. The largest absolute Gasteiger partial charge is 0.436 e. The average Bonchev–Trinajstić information content (AvgIpc) is 3.77. The van der Waals surface area contributed by atoms with E-state index in [1.807, 2.05) is 72.8 Å². The van der Waals surface area contributed by atoms with Crippen LogP contribution in [0.15, 0.2) is 118 Å². The molecule has 0 bridgehead atoms. The molecule has 2 heterocycles. The zero-order chi connectivity index (χ0) is 35.0. The SMILES string of the molecule is CCN(CC)c1ccc(-c2nc(/C=C/C=C/c3nc(-c4ccc(N(CC)CC)cc4)c(-c4ccccc4Cl)o3)oc2-c2ccccc2Cl)cc1. The molecule has 6 rings (SSSR count). The monoisotopic (exact) mass is 702 g/mol. The fourth-order valence-corrected chi connectivity index (χ4v) is 6.42. The Kier molecular flexibility index (Phi) is 11.2. The zero-order valence-corrected chi connectivity index (χ0v) is 30.2. The second kappa shape index (κ2) is 16.1. The number of halogens is 2. The topological polar surface area (TPSA) is 58.5 Å². The molecule has 6 nitrogen and oxygen atoms in total. The first-order chi connectivity index (χ1) is 24.4. The molecule has 0 N–H and O–H groups in total. The maximum Gasteiger partial charge on any atom is 0.220 e. The van der Waals surface area contributed by atoms with Crippen molar-refractivity contribution < 1.29 is 8.83 Å². The molecule has 6 aromatic rings. The third-order valence-electron chi connectivity index (χ3n) is 8.65. The molecule has 0 saturated carbocycles. The van der Waals surface area contributed by atoms with E-state index < -0.39 is 0 Å². The van der Waals surface area contributed by atoms with Gasteiger partial charge in [-0.05, 0) is 76.2 Å². The van der Waals surface area contributed by atoms with Crippen LogP contribution >= 0.6 is 23.2 Å². The number of oxazole rings is 2. The van der Waals surface area contributed by atoms with Gasteiger partial charge in [0.15, 0.2) is 11.5 Å². The van der Waals surface area contributed by atoms with Crippen LogP contribution in [0, 0.1) is 0 Å². The van der Waals surface area contributed by atoms with E-state index >= 15 is 0 Å². The van der Waals surface area contributed by atoms with Crippen molar-refractivity contribution in [3.63, 3.8) is 0 Å². The fraction of sp³-hybridized carbons (Fsp3) is 0.190. The molecule has 2 aromatic heterocycles. The maximum absolute atomic E-state index is 6.62. The molecule has 0 amide bonds. The predicted molar refractivity (Wildman–Crippen MR) is 210 cm³/mol. The number of anilines is 2. The highest BCUT2D eigenvalue weighted by atomic mass is 35.5. The highest BCUT2D eigenvalue weighted by Crippen LogP contribution is 2.39. The number of hydrogen-bond acceptors (Lipinski definition) is 6. The minimum absolute atomic E-state index is 0.450. The Labute approximate surface area is 304 Å². The summed E-state index contributed by atoms with van der Waals surface area (Å²) in [5.74, 6) is 2.13. The van der Waals surface area contributed by atoms with E-state index in [0.29, 0.717) is 33.3 Å². The second-order valence-electron chi connectivity index (χ2n) is 11.6. The summed E-state index contributed by atoms with van der Waals surface area (Å²) in [4.78, 5) is 14.4. The minimum atomic E-state index is 0.450. The summed E-state index contributed by atoms with van der Waals surface area (Å²) in [5.41, 5.74) is 7.22. The number of allylic oxidation sites excluding steroid dienone is 2. The van der Waals surface area contributed by atoms with Crippen molar-refractivity contribution in [1.29, 1.82) is 0 Å². The van der Waals surface area contributed by atoms with Gasteiger partial charge in [-0.3, -0.25) is 0 Å². The average molecular weight is 704 g/mol. The first kappa shape index (κ1) is 34.8. The summed E-state index contributed by atoms with van der Waals surface area (Å²) in [6.45, 7) is 12.4. The quantitative estimate of drug-likeness (QED) is 0.112. The fourth-order valence-electron chi connectivity index (χ4n) is 5.98. The standard InChI is InChI=1S/C42H40Cl2N4O2/c1-5-47(6-2)31-25-21-29(22-26-31)39-41(33-15-9-11-17-35(33)43)49-37(45-39)19-13-14-20-38-46-40(42(50-38)34-16-10-12-18-36(34)44)30-23-27-32(28-24-30)48(7-3)8-4/h9-28H,5-8H2,1-4H3/b19-13+,20-14+. The summed E-state index contributed by atoms with van der Waals surface area (Å²) in [6, 6.07) is 32.1. The van der Waals surface area contributed by atoms with Crippen LogP contribution in [-0.2, 0) is 0 Å². The minimum Gasteiger partial charge on any atom is -0.436 e. The van der Waals surface area contributed by atoms with Crippen LogP contribution in [0.3, 0.4) is 0 Å². The zero-order valence-electron chi connectivity index (χ0n) is 28.7. The van der Waals surface area contributed by atoms with E-state index in [1.54, 1.807) is 0 Å². The van der Waals surface area contributed by atoms with E-state index in [-0.39, 0.29) is 0 Å². The summed E-state index contributed by atoms with van der Waals surface area (Å²) in [5, 5.41) is 1.19. The molecule has 0 radical (unpaired) electrons. The van der Waals surface area contributed by atoms with Gasteiger partial charge in [0.1, 0.15) is 11.4 Å².